The molecule has 1 aliphatic heterocycles. The predicted molar refractivity (Wildman–Crippen MR) is 182 cm³/mol. The summed E-state index contributed by atoms with van der Waals surface area (Å²) in [5, 5.41) is 10.1. The molecule has 1 heterocycles. The van der Waals surface area contributed by atoms with Gasteiger partial charge >= 0.3 is 0 Å². The van der Waals surface area contributed by atoms with Crippen LogP contribution in [0.15, 0.2) is 34.9 Å². The molecule has 4 atom stereocenters. The molecule has 0 aromatic heterocycles. The van der Waals surface area contributed by atoms with E-state index >= 15 is 0 Å². The Morgan fingerprint density at radius 2 is 1.44 bits per heavy atom. The summed E-state index contributed by atoms with van der Waals surface area (Å²) in [7, 11) is 0. The average molecular weight is 590 g/mol. The number of hydrogen-bond donors (Lipinski definition) is 0. The maximum atomic E-state index is 13.9. The normalized spacial score (nSPS) is 17.7. The van der Waals surface area contributed by atoms with Gasteiger partial charge in [0.1, 0.15) is 11.6 Å². The second kappa shape index (κ2) is 18.1. The highest BCUT2D eigenvalue weighted by atomic mass is 16.2. The van der Waals surface area contributed by atoms with Crippen molar-refractivity contribution in [1.82, 2.24) is 4.90 Å². The number of hydrogen-bond acceptors (Lipinski definition) is 4. The Morgan fingerprint density at radius 3 is 1.88 bits per heavy atom. The van der Waals surface area contributed by atoms with E-state index in [0.29, 0.717) is 29.4 Å². The van der Waals surface area contributed by atoms with Gasteiger partial charge in [-0.2, -0.15) is 5.26 Å². The molecular weight excluding hydrogens is 530 g/mol. The SMILES string of the molecule is CCCCC(CC)CN(CC(CC)CCCC)c1ccc(/C=C2/C(=O)N(C(C)CC)C(=O)C(C#N)=C2C(C)CC)c(C)c1. The first-order valence-electron chi connectivity index (χ1n) is 17.2. The first-order valence-corrected chi connectivity index (χ1v) is 17.2. The number of benzene rings is 1. The molecule has 43 heavy (non-hydrogen) atoms. The predicted octanol–water partition coefficient (Wildman–Crippen LogP) is 9.65. The van der Waals surface area contributed by atoms with Crippen LogP contribution in [0.3, 0.4) is 0 Å². The van der Waals surface area contributed by atoms with Crippen molar-refractivity contribution in [3.63, 3.8) is 0 Å². The van der Waals surface area contributed by atoms with Gasteiger partial charge in [0.25, 0.3) is 11.8 Å². The fraction of sp³-hybridized carbons (Fsp3) is 0.658. The van der Waals surface area contributed by atoms with Gasteiger partial charge in [-0.1, -0.05) is 93.1 Å². The molecule has 0 bridgehead atoms. The number of anilines is 1. The third-order valence-corrected chi connectivity index (χ3v) is 9.65. The molecule has 0 saturated heterocycles. The standard InChI is InChI=1S/C38H59N3O2/c1-10-16-18-30(14-5)25-40(26-31(15-6)19-17-11-2)33-21-20-32(28(8)22-33)23-34-36(27(7)12-3)35(24-39)38(43)41(37(34)42)29(9)13-4/h20-23,27,29-31H,10-19,25-26H2,1-9H3/b34-23+. The topological polar surface area (TPSA) is 64.4 Å². The van der Waals surface area contributed by atoms with Crippen LogP contribution in [-0.4, -0.2) is 35.8 Å². The lowest BCUT2D eigenvalue weighted by Gasteiger charge is -2.34. The molecule has 0 N–H and O–H groups in total. The number of nitriles is 1. The maximum absolute atomic E-state index is 13.9. The van der Waals surface area contributed by atoms with Gasteiger partial charge in [0.2, 0.25) is 0 Å². The number of imide groups is 1. The lowest BCUT2D eigenvalue weighted by Crippen LogP contribution is -2.48. The Balaban J connectivity index is 2.61. The van der Waals surface area contributed by atoms with Crippen LogP contribution in [0.4, 0.5) is 5.69 Å². The summed E-state index contributed by atoms with van der Waals surface area (Å²) < 4.78 is 0. The fourth-order valence-electron chi connectivity index (χ4n) is 6.17. The molecule has 1 aromatic carbocycles. The number of aryl methyl sites for hydroxylation is 1. The zero-order valence-corrected chi connectivity index (χ0v) is 28.8. The third kappa shape index (κ3) is 9.31. The lowest BCUT2D eigenvalue weighted by atomic mass is 9.82. The second-order valence-corrected chi connectivity index (χ2v) is 12.8. The second-order valence-electron chi connectivity index (χ2n) is 12.8. The van der Waals surface area contributed by atoms with E-state index < -0.39 is 5.91 Å². The van der Waals surface area contributed by atoms with Gasteiger partial charge in [0.05, 0.1) is 0 Å². The van der Waals surface area contributed by atoms with E-state index in [9.17, 15) is 14.9 Å². The number of nitrogens with zero attached hydrogens (tertiary/aromatic N) is 3. The van der Waals surface area contributed by atoms with Gasteiger partial charge in [0.15, 0.2) is 0 Å². The molecule has 1 aliphatic rings. The Bertz CT molecular complexity index is 1160. The monoisotopic (exact) mass is 589 g/mol. The van der Waals surface area contributed by atoms with Crippen LogP contribution < -0.4 is 4.90 Å². The van der Waals surface area contributed by atoms with Gasteiger partial charge in [-0.15, -0.1) is 0 Å². The smallest absolute Gasteiger partial charge is 0.271 e. The fourth-order valence-corrected chi connectivity index (χ4v) is 6.17. The van der Waals surface area contributed by atoms with E-state index in [2.05, 4.69) is 63.8 Å². The van der Waals surface area contributed by atoms with Crippen molar-refractivity contribution in [2.75, 3.05) is 18.0 Å². The summed E-state index contributed by atoms with van der Waals surface area (Å²) >= 11 is 0. The molecule has 2 rings (SSSR count). The van der Waals surface area contributed by atoms with Crippen LogP contribution >= 0.6 is 0 Å². The highest BCUT2D eigenvalue weighted by Crippen LogP contribution is 2.36. The van der Waals surface area contributed by atoms with Crippen molar-refractivity contribution in [1.29, 1.82) is 5.26 Å². The molecular formula is C38H59N3O2. The Labute approximate surface area is 263 Å². The number of rotatable bonds is 18. The van der Waals surface area contributed by atoms with Gasteiger partial charge in [-0.3, -0.25) is 14.5 Å². The van der Waals surface area contributed by atoms with Crippen molar-refractivity contribution in [2.24, 2.45) is 17.8 Å². The molecule has 0 spiro atoms. The zero-order valence-electron chi connectivity index (χ0n) is 28.8. The molecule has 5 nitrogen and oxygen atoms in total. The summed E-state index contributed by atoms with van der Waals surface area (Å²) in [4.78, 5) is 31.1. The number of amides is 2. The van der Waals surface area contributed by atoms with Crippen LogP contribution in [0.5, 0.6) is 0 Å². The van der Waals surface area contributed by atoms with Gasteiger partial charge in [0, 0.05) is 30.4 Å². The summed E-state index contributed by atoms with van der Waals surface area (Å²) in [6, 6.07) is 8.50. The zero-order chi connectivity index (χ0) is 32.1. The Hall–Kier alpha value is -2.87. The van der Waals surface area contributed by atoms with E-state index in [4.69, 9.17) is 0 Å². The summed E-state index contributed by atoms with van der Waals surface area (Å²) in [5.41, 5.74) is 4.48. The molecule has 1 aromatic rings. The van der Waals surface area contributed by atoms with Crippen molar-refractivity contribution in [2.45, 2.75) is 133 Å². The Kier molecular flexibility index (Phi) is 15.3. The van der Waals surface area contributed by atoms with Crippen LogP contribution in [0.25, 0.3) is 6.08 Å². The quantitative estimate of drug-likeness (QED) is 0.126. The highest BCUT2D eigenvalue weighted by Gasteiger charge is 2.40. The van der Waals surface area contributed by atoms with Crippen LogP contribution in [0.2, 0.25) is 0 Å². The molecule has 0 aliphatic carbocycles. The molecule has 4 unspecified atom stereocenters. The van der Waals surface area contributed by atoms with E-state index in [1.807, 2.05) is 33.8 Å². The molecule has 0 radical (unpaired) electrons. The first kappa shape index (κ1) is 36.3. The largest absolute Gasteiger partial charge is 0.371 e. The first-order chi connectivity index (χ1) is 20.6. The third-order valence-electron chi connectivity index (χ3n) is 9.65. The highest BCUT2D eigenvalue weighted by molar-refractivity contribution is 6.20. The van der Waals surface area contributed by atoms with E-state index in [-0.39, 0.29) is 23.4 Å². The van der Waals surface area contributed by atoms with Crippen LogP contribution in [0.1, 0.15) is 131 Å². The van der Waals surface area contributed by atoms with Crippen LogP contribution in [0, 0.1) is 36.0 Å². The van der Waals surface area contributed by atoms with Crippen molar-refractivity contribution in [3.8, 4) is 6.07 Å². The van der Waals surface area contributed by atoms with Gasteiger partial charge < -0.3 is 4.90 Å². The maximum Gasteiger partial charge on any atom is 0.271 e. The average Bonchev–Trinajstić information content (AvgIpc) is 3.01. The minimum absolute atomic E-state index is 0.0776. The van der Waals surface area contributed by atoms with Crippen molar-refractivity contribution < 1.29 is 9.59 Å². The number of unbranched alkanes of at least 4 members (excludes halogenated alkanes) is 2. The van der Waals surface area contributed by atoms with Gasteiger partial charge in [-0.05, 0) is 92.2 Å². The van der Waals surface area contributed by atoms with Crippen molar-refractivity contribution >= 4 is 23.6 Å². The van der Waals surface area contributed by atoms with Gasteiger partial charge in [-0.25, -0.2) is 0 Å². The number of carbonyl (C=O) groups excluding carboxylic acids is 2. The summed E-state index contributed by atoms with van der Waals surface area (Å²) in [5.74, 6) is 0.511. The van der Waals surface area contributed by atoms with Crippen LogP contribution in [-0.2, 0) is 9.59 Å². The van der Waals surface area contributed by atoms with E-state index in [0.717, 1.165) is 30.6 Å². The summed E-state index contributed by atoms with van der Waals surface area (Å²) in [6.07, 6.45) is 13.2. The van der Waals surface area contributed by atoms with Crippen molar-refractivity contribution in [3.05, 3.63) is 46.0 Å². The van der Waals surface area contributed by atoms with E-state index in [1.165, 1.54) is 62.0 Å². The molecule has 5 heteroatoms. The molecule has 238 valence electrons. The van der Waals surface area contributed by atoms with E-state index in [1.54, 1.807) is 0 Å². The minimum atomic E-state index is -0.459. The Morgan fingerprint density at radius 1 is 0.860 bits per heavy atom. The molecule has 0 saturated carbocycles. The minimum Gasteiger partial charge on any atom is -0.371 e. The number of carbonyl (C=O) groups is 2. The molecule has 2 amide bonds. The summed E-state index contributed by atoms with van der Waals surface area (Å²) in [6.45, 7) is 21.3. The lowest BCUT2D eigenvalue weighted by molar-refractivity contribution is -0.142. The molecule has 0 fully saturated rings.